The normalized spacial score (nSPS) is 8.57. The molecule has 2 rings (SSSR count). The highest BCUT2D eigenvalue weighted by atomic mass is 16.1. The van der Waals surface area contributed by atoms with Crippen LogP contribution in [0.15, 0.2) is 52.6 Å². The van der Waals surface area contributed by atoms with Gasteiger partial charge in [-0.05, 0) is 6.07 Å². The highest BCUT2D eigenvalue weighted by Crippen LogP contribution is 1.67. The maximum absolute atomic E-state index is 10.2. The second-order valence-corrected chi connectivity index (χ2v) is 2.33. The first kappa shape index (κ1) is 9.91. The molecule has 0 aliphatic carbocycles. The molecule has 2 aromatic heterocycles. The van der Waals surface area contributed by atoms with E-state index in [1.807, 2.05) is 0 Å². The topological polar surface area (TPSA) is 78.6 Å². The van der Waals surface area contributed by atoms with E-state index in [1.54, 1.807) is 18.3 Å². The molecule has 0 spiro atoms. The van der Waals surface area contributed by atoms with E-state index in [-0.39, 0.29) is 11.1 Å². The fraction of sp³-hybridized carbons (Fsp3) is 0. The Hall–Kier alpha value is -2.17. The summed E-state index contributed by atoms with van der Waals surface area (Å²) >= 11 is 0. The third kappa shape index (κ3) is 4.01. The summed E-state index contributed by atoms with van der Waals surface area (Å²) in [5, 5.41) is 0. The lowest BCUT2D eigenvalue weighted by Crippen LogP contribution is -2.01. The maximum Gasteiger partial charge on any atom is 0.266 e. The molecule has 2 N–H and O–H groups in total. The van der Waals surface area contributed by atoms with Crippen molar-refractivity contribution in [3.05, 3.63) is 63.7 Å². The zero-order valence-electron chi connectivity index (χ0n) is 7.31. The molecule has 0 aliphatic rings. The summed E-state index contributed by atoms with van der Waals surface area (Å²) in [5.41, 5.74) is -0.218. The van der Waals surface area contributed by atoms with Crippen molar-refractivity contribution in [2.45, 2.75) is 0 Å². The Morgan fingerprint density at radius 1 is 1.00 bits per heavy atom. The summed E-state index contributed by atoms with van der Waals surface area (Å²) in [7, 11) is 0. The van der Waals surface area contributed by atoms with Gasteiger partial charge in [-0.25, -0.2) is 0 Å². The minimum atomic E-state index is -0.164. The van der Waals surface area contributed by atoms with Crippen LogP contribution in [0.2, 0.25) is 0 Å². The summed E-state index contributed by atoms with van der Waals surface area (Å²) in [5.74, 6) is 0. The van der Waals surface area contributed by atoms with Crippen molar-refractivity contribution in [1.82, 2.24) is 15.0 Å². The van der Waals surface area contributed by atoms with Crippen molar-refractivity contribution >= 4 is 0 Å². The number of hydrogen-bond acceptors (Lipinski definition) is 3. The second-order valence-electron chi connectivity index (χ2n) is 2.33. The summed E-state index contributed by atoms with van der Waals surface area (Å²) in [6.07, 6.45) is 5.83. The third-order valence-corrected chi connectivity index (χ3v) is 1.26. The van der Waals surface area contributed by atoms with Crippen molar-refractivity contribution in [1.29, 1.82) is 0 Å². The van der Waals surface area contributed by atoms with Crippen LogP contribution in [0.3, 0.4) is 0 Å². The van der Waals surface area contributed by atoms with Crippen molar-refractivity contribution in [2.24, 2.45) is 0 Å². The number of rotatable bonds is 0. The Bertz CT molecular complexity index is 395. The lowest BCUT2D eigenvalue weighted by molar-refractivity contribution is 1.14. The Balaban J connectivity index is 0.000000140. The Morgan fingerprint density at radius 2 is 1.79 bits per heavy atom. The predicted octanol–water partition coefficient (Wildman–Crippen LogP) is 0.145. The van der Waals surface area contributed by atoms with Crippen LogP contribution in [0.5, 0.6) is 0 Å². The number of aromatic nitrogens is 3. The summed E-state index contributed by atoms with van der Waals surface area (Å²) in [4.78, 5) is 28.8. The van der Waals surface area contributed by atoms with Crippen molar-refractivity contribution in [3.8, 4) is 0 Å². The van der Waals surface area contributed by atoms with Crippen LogP contribution in [0.25, 0.3) is 0 Å². The van der Waals surface area contributed by atoms with Crippen molar-refractivity contribution in [3.63, 3.8) is 0 Å². The Kier molecular flexibility index (Phi) is 3.87. The molecule has 0 bridgehead atoms. The minimum Gasteiger partial charge on any atom is -0.329 e. The van der Waals surface area contributed by atoms with Gasteiger partial charge in [0.1, 0.15) is 0 Å². The molecule has 14 heavy (non-hydrogen) atoms. The fourth-order valence-electron chi connectivity index (χ4n) is 0.687. The quantitative estimate of drug-likeness (QED) is 0.621. The molecule has 0 radical (unpaired) electrons. The van der Waals surface area contributed by atoms with E-state index >= 15 is 0 Å². The number of nitrogens with one attached hydrogen (secondary N) is 2. The number of aromatic amines is 2. The maximum atomic E-state index is 10.2. The van der Waals surface area contributed by atoms with Crippen LogP contribution in [0.1, 0.15) is 0 Å². The molecule has 72 valence electrons. The highest BCUT2D eigenvalue weighted by Gasteiger charge is 1.70. The first-order valence-corrected chi connectivity index (χ1v) is 3.91. The van der Waals surface area contributed by atoms with Crippen LogP contribution in [0.4, 0.5) is 0 Å². The van der Waals surface area contributed by atoms with Crippen LogP contribution in [-0.2, 0) is 0 Å². The van der Waals surface area contributed by atoms with E-state index in [4.69, 9.17) is 0 Å². The standard InChI is InChI=1S/C5H5NO.C4H4N2O/c7-5-3-1-2-4-6-5;7-4-3-5-1-2-6-4/h1-4H,(H,6,7);1-3H,(H,6,7). The summed E-state index contributed by atoms with van der Waals surface area (Å²) < 4.78 is 0. The lowest BCUT2D eigenvalue weighted by atomic mass is 10.5. The third-order valence-electron chi connectivity index (χ3n) is 1.26. The summed E-state index contributed by atoms with van der Waals surface area (Å²) in [6, 6.07) is 4.93. The smallest absolute Gasteiger partial charge is 0.266 e. The second kappa shape index (κ2) is 5.47. The molecule has 5 heteroatoms. The van der Waals surface area contributed by atoms with Gasteiger partial charge in [0.05, 0.1) is 6.20 Å². The van der Waals surface area contributed by atoms with Gasteiger partial charge >= 0.3 is 0 Å². The van der Waals surface area contributed by atoms with Crippen LogP contribution < -0.4 is 11.1 Å². The number of hydrogen-bond donors (Lipinski definition) is 2. The van der Waals surface area contributed by atoms with Crippen molar-refractivity contribution in [2.75, 3.05) is 0 Å². The molecule has 2 aromatic rings. The molecule has 0 fully saturated rings. The first-order chi connectivity index (χ1) is 6.79. The van der Waals surface area contributed by atoms with E-state index in [1.165, 1.54) is 24.7 Å². The van der Waals surface area contributed by atoms with Crippen LogP contribution in [0, 0.1) is 0 Å². The molecular formula is C9H9N3O2. The van der Waals surface area contributed by atoms with Gasteiger partial charge in [0, 0.05) is 24.7 Å². The van der Waals surface area contributed by atoms with Gasteiger partial charge in [-0.2, -0.15) is 0 Å². The highest BCUT2D eigenvalue weighted by molar-refractivity contribution is 4.89. The van der Waals surface area contributed by atoms with Crippen LogP contribution in [-0.4, -0.2) is 15.0 Å². The van der Waals surface area contributed by atoms with Gasteiger partial charge in [0.25, 0.3) is 5.56 Å². The number of pyridine rings is 1. The molecule has 2 heterocycles. The zero-order chi connectivity index (χ0) is 10.2. The molecular weight excluding hydrogens is 182 g/mol. The van der Waals surface area contributed by atoms with Crippen LogP contribution >= 0.6 is 0 Å². The zero-order valence-corrected chi connectivity index (χ0v) is 7.31. The van der Waals surface area contributed by atoms with Crippen molar-refractivity contribution < 1.29 is 0 Å². The first-order valence-electron chi connectivity index (χ1n) is 3.91. The average Bonchev–Trinajstić information content (AvgIpc) is 2.21. The van der Waals surface area contributed by atoms with Gasteiger partial charge in [-0.3, -0.25) is 14.6 Å². The Labute approximate surface area is 79.5 Å². The van der Waals surface area contributed by atoms with E-state index in [0.717, 1.165) is 0 Å². The molecule has 0 saturated heterocycles. The van der Waals surface area contributed by atoms with Gasteiger partial charge in [0.2, 0.25) is 5.56 Å². The van der Waals surface area contributed by atoms with E-state index in [9.17, 15) is 9.59 Å². The lowest BCUT2D eigenvalue weighted by Gasteiger charge is -1.73. The van der Waals surface area contributed by atoms with Gasteiger partial charge in [0.15, 0.2) is 0 Å². The van der Waals surface area contributed by atoms with E-state index in [2.05, 4.69) is 15.0 Å². The molecule has 0 saturated carbocycles. The number of nitrogens with zero attached hydrogens (tertiary/aromatic N) is 1. The molecule has 0 amide bonds. The van der Waals surface area contributed by atoms with Gasteiger partial charge in [-0.15, -0.1) is 0 Å². The molecule has 0 aromatic carbocycles. The van der Waals surface area contributed by atoms with E-state index in [0.29, 0.717) is 0 Å². The Morgan fingerprint density at radius 3 is 2.07 bits per heavy atom. The largest absolute Gasteiger partial charge is 0.329 e. The number of H-pyrrole nitrogens is 2. The monoisotopic (exact) mass is 191 g/mol. The molecule has 0 unspecified atom stereocenters. The molecule has 0 atom stereocenters. The fourth-order valence-corrected chi connectivity index (χ4v) is 0.687. The average molecular weight is 191 g/mol. The SMILES string of the molecule is O=c1cccc[nH]1.O=c1cncc[nH]1. The minimum absolute atomic E-state index is 0.0532. The summed E-state index contributed by atoms with van der Waals surface area (Å²) in [6.45, 7) is 0. The molecule has 0 aliphatic heterocycles. The van der Waals surface area contributed by atoms with Gasteiger partial charge in [-0.1, -0.05) is 6.07 Å². The van der Waals surface area contributed by atoms with Gasteiger partial charge < -0.3 is 9.97 Å². The predicted molar refractivity (Wildman–Crippen MR) is 51.9 cm³/mol. The van der Waals surface area contributed by atoms with E-state index < -0.39 is 0 Å². The molecule has 5 nitrogen and oxygen atoms in total.